The van der Waals surface area contributed by atoms with E-state index in [0.29, 0.717) is 19.3 Å². The van der Waals surface area contributed by atoms with E-state index in [4.69, 9.17) is 23.3 Å². The first-order valence-electron chi connectivity index (χ1n) is 30.5. The maximum atomic E-state index is 12.9. The Hall–Kier alpha value is -3.34. The van der Waals surface area contributed by atoms with Gasteiger partial charge in [0.15, 0.2) is 6.10 Å². The van der Waals surface area contributed by atoms with Gasteiger partial charge in [-0.2, -0.15) is 0 Å². The molecule has 0 aromatic rings. The highest BCUT2D eigenvalue weighted by molar-refractivity contribution is 7.47. The smallest absolute Gasteiger partial charge is 0.462 e. The molecule has 0 aliphatic heterocycles. The highest BCUT2D eigenvalue weighted by atomic mass is 31.2. The summed E-state index contributed by atoms with van der Waals surface area (Å²) in [5.41, 5.74) is 0. The number of ether oxygens (including phenoxy) is 3. The van der Waals surface area contributed by atoms with Crippen LogP contribution >= 0.6 is 7.82 Å². The normalized spacial score (nSPS) is 13.9. The fourth-order valence-corrected chi connectivity index (χ4v) is 9.03. The molecule has 0 bridgehead atoms. The summed E-state index contributed by atoms with van der Waals surface area (Å²) in [6.07, 6.45) is 66.7. The fourth-order valence-electron chi connectivity index (χ4n) is 8.25. The van der Waals surface area contributed by atoms with Crippen molar-refractivity contribution in [1.29, 1.82) is 0 Å². The Bertz CT molecular complexity index is 1600. The number of carbonyl (C=O) groups is 3. The number of esters is 3. The molecule has 0 saturated carbocycles. The lowest BCUT2D eigenvalue weighted by atomic mass is 10.0. The summed E-state index contributed by atoms with van der Waals surface area (Å²) in [6.45, 7) is 4.41. The minimum Gasteiger partial charge on any atom is -0.462 e. The molecule has 0 rings (SSSR count). The number of hydrogen-bond donors (Lipinski definition) is 2. The van der Waals surface area contributed by atoms with E-state index in [1.54, 1.807) is 0 Å². The van der Waals surface area contributed by atoms with E-state index in [-0.39, 0.29) is 25.9 Å². The van der Waals surface area contributed by atoms with Crippen LogP contribution in [0.3, 0.4) is 0 Å². The van der Waals surface area contributed by atoms with Gasteiger partial charge < -0.3 is 24.2 Å². The van der Waals surface area contributed by atoms with E-state index in [1.165, 1.54) is 70.6 Å². The molecule has 0 aliphatic rings. The fraction of sp³-hybridized carbons (Fsp3) is 0.734. The van der Waals surface area contributed by atoms with E-state index in [2.05, 4.69) is 106 Å². The number of hydrogen-bond acceptors (Lipinski definition) is 10. The Morgan fingerprint density at radius 2 is 0.684 bits per heavy atom. The number of unbranched alkanes of at least 4 members (excludes halogenated alkanes) is 25. The van der Waals surface area contributed by atoms with Crippen LogP contribution in [-0.4, -0.2) is 66.5 Å². The molecule has 11 nitrogen and oxygen atoms in total. The first-order chi connectivity index (χ1) is 37.2. The molecule has 0 heterocycles. The molecule has 0 spiro atoms. The molecule has 0 aliphatic carbocycles. The molecule has 0 fully saturated rings. The molecule has 0 aromatic carbocycles. The van der Waals surface area contributed by atoms with Gasteiger partial charge in [-0.05, 0) is 89.9 Å². The topological polar surface area (TPSA) is 155 Å². The molecular formula is C64H111O11P. The second-order valence-corrected chi connectivity index (χ2v) is 21.6. The summed E-state index contributed by atoms with van der Waals surface area (Å²) in [6, 6.07) is 0. The van der Waals surface area contributed by atoms with Crippen LogP contribution in [0.2, 0.25) is 0 Å². The van der Waals surface area contributed by atoms with Crippen LogP contribution in [-0.2, 0) is 42.2 Å². The molecule has 76 heavy (non-hydrogen) atoms. The van der Waals surface area contributed by atoms with Crippen molar-refractivity contribution in [2.45, 2.75) is 277 Å². The molecule has 0 saturated heterocycles. The molecule has 0 aromatic heterocycles. The summed E-state index contributed by atoms with van der Waals surface area (Å²) in [7, 11) is -4.76. The van der Waals surface area contributed by atoms with Gasteiger partial charge in [0.2, 0.25) is 0 Å². The summed E-state index contributed by atoms with van der Waals surface area (Å²) >= 11 is 0. The molecule has 12 heteroatoms. The monoisotopic (exact) mass is 1090 g/mol. The van der Waals surface area contributed by atoms with E-state index in [0.717, 1.165) is 135 Å². The van der Waals surface area contributed by atoms with Crippen molar-refractivity contribution in [3.05, 3.63) is 85.1 Å². The number of aliphatic hydroxyl groups is 1. The first-order valence-corrected chi connectivity index (χ1v) is 32.0. The maximum absolute atomic E-state index is 12.9. The predicted octanol–water partition coefficient (Wildman–Crippen LogP) is 18.3. The minimum absolute atomic E-state index is 0.143. The molecule has 3 unspecified atom stereocenters. The van der Waals surface area contributed by atoms with Crippen LogP contribution in [0.15, 0.2) is 85.1 Å². The first kappa shape index (κ1) is 72.7. The van der Waals surface area contributed by atoms with Crippen LogP contribution in [0.5, 0.6) is 0 Å². The van der Waals surface area contributed by atoms with E-state index in [9.17, 15) is 28.9 Å². The largest absolute Gasteiger partial charge is 0.472 e. The minimum atomic E-state index is -4.76. The number of allylic oxidation sites excluding steroid dienone is 14. The zero-order chi connectivity index (χ0) is 55.5. The Morgan fingerprint density at radius 1 is 0.382 bits per heavy atom. The molecule has 0 amide bonds. The van der Waals surface area contributed by atoms with Crippen LogP contribution in [0, 0.1) is 0 Å². The zero-order valence-corrected chi connectivity index (χ0v) is 49.3. The molecule has 2 N–H and O–H groups in total. The maximum Gasteiger partial charge on any atom is 0.472 e. The third-order valence-electron chi connectivity index (χ3n) is 12.8. The Labute approximate surface area is 464 Å². The second kappa shape index (κ2) is 57.8. The van der Waals surface area contributed by atoms with E-state index >= 15 is 0 Å². The van der Waals surface area contributed by atoms with Gasteiger partial charge in [-0.1, -0.05) is 241 Å². The van der Waals surface area contributed by atoms with Gasteiger partial charge in [0.1, 0.15) is 12.7 Å². The van der Waals surface area contributed by atoms with Crippen molar-refractivity contribution in [2.24, 2.45) is 0 Å². The standard InChI is InChI=1S/C64H111O11P/c1-4-7-10-13-16-19-22-25-28-29-30-31-34-35-38-41-44-47-50-53-62(66)71-57-61(75-64(68)55-52-49-46-43-40-37-33-27-24-21-18-15-12-9-6-3)59-73-76(69,70)72-58-60(56-65)74-63(67)54-51-48-45-42-39-36-32-26-23-20-17-14-11-8-5-2/h7,9-10,12,16,18-19,21,25,27-28,30-31,33,60-61,65H,4-6,8,11,13-15,17,20,22-24,26,29,32,34-59H2,1-3H3,(H,69,70)/b10-7-,12-9-,19-16-,21-18-,28-25-,31-30-,33-27-. The Balaban J connectivity index is 4.74. The third-order valence-corrected chi connectivity index (χ3v) is 13.8. The van der Waals surface area contributed by atoms with E-state index < -0.39 is 57.8 Å². The number of phosphoric ester groups is 1. The number of carbonyl (C=O) groups excluding carboxylic acids is 3. The number of phosphoric acid groups is 1. The van der Waals surface area contributed by atoms with Crippen molar-refractivity contribution in [3.63, 3.8) is 0 Å². The average Bonchev–Trinajstić information content (AvgIpc) is 3.41. The molecule has 3 atom stereocenters. The van der Waals surface area contributed by atoms with Crippen LogP contribution < -0.4 is 0 Å². The van der Waals surface area contributed by atoms with Crippen molar-refractivity contribution in [1.82, 2.24) is 0 Å². The van der Waals surface area contributed by atoms with Crippen LogP contribution in [0.1, 0.15) is 265 Å². The quantitative estimate of drug-likeness (QED) is 0.0197. The SMILES string of the molecule is CC/C=C\C/C=C\C/C=C\C/C=C\CCCCCCCCC(=O)OCC(COP(=O)(O)OCC(CO)OC(=O)CCCCCCCCCCCCCCCCC)OC(=O)CCCCCCC/C=C\C/C=C\C/C=C\CC. The molecule has 438 valence electrons. The van der Waals surface area contributed by atoms with Gasteiger partial charge >= 0.3 is 25.7 Å². The van der Waals surface area contributed by atoms with E-state index in [1.807, 2.05) is 0 Å². The highest BCUT2D eigenvalue weighted by Gasteiger charge is 2.28. The number of aliphatic hydroxyl groups excluding tert-OH is 1. The summed E-state index contributed by atoms with van der Waals surface area (Å²) < 4.78 is 39.6. The molecular weight excluding hydrogens is 976 g/mol. The van der Waals surface area contributed by atoms with Crippen molar-refractivity contribution in [3.8, 4) is 0 Å². The lowest BCUT2D eigenvalue weighted by Crippen LogP contribution is -2.30. The Kier molecular flexibility index (Phi) is 55.3. The Morgan fingerprint density at radius 3 is 1.05 bits per heavy atom. The van der Waals surface area contributed by atoms with Gasteiger partial charge in [-0.15, -0.1) is 0 Å². The third kappa shape index (κ3) is 55.4. The lowest BCUT2D eigenvalue weighted by Gasteiger charge is -2.21. The summed E-state index contributed by atoms with van der Waals surface area (Å²) in [5.74, 6) is -1.49. The van der Waals surface area contributed by atoms with Gasteiger partial charge in [0.05, 0.1) is 19.8 Å². The van der Waals surface area contributed by atoms with Gasteiger partial charge in [0, 0.05) is 19.3 Å². The highest BCUT2D eigenvalue weighted by Crippen LogP contribution is 2.43. The van der Waals surface area contributed by atoms with Crippen molar-refractivity contribution in [2.75, 3.05) is 26.4 Å². The summed E-state index contributed by atoms with van der Waals surface area (Å²) in [4.78, 5) is 48.6. The lowest BCUT2D eigenvalue weighted by molar-refractivity contribution is -0.161. The van der Waals surface area contributed by atoms with Crippen LogP contribution in [0.4, 0.5) is 0 Å². The predicted molar refractivity (Wildman–Crippen MR) is 316 cm³/mol. The van der Waals surface area contributed by atoms with Crippen molar-refractivity contribution < 1.29 is 52.2 Å². The second-order valence-electron chi connectivity index (χ2n) is 20.1. The van der Waals surface area contributed by atoms with Crippen LogP contribution in [0.25, 0.3) is 0 Å². The number of rotatable bonds is 56. The summed E-state index contributed by atoms with van der Waals surface area (Å²) in [5, 5.41) is 9.83. The van der Waals surface area contributed by atoms with Gasteiger partial charge in [0.25, 0.3) is 0 Å². The van der Waals surface area contributed by atoms with Gasteiger partial charge in [-0.25, -0.2) is 4.57 Å². The zero-order valence-electron chi connectivity index (χ0n) is 48.5. The van der Waals surface area contributed by atoms with Crippen molar-refractivity contribution >= 4 is 25.7 Å². The van der Waals surface area contributed by atoms with Gasteiger partial charge in [-0.3, -0.25) is 23.4 Å². The average molecular weight is 1090 g/mol. The molecule has 0 radical (unpaired) electrons.